The molecule has 0 aliphatic rings. The van der Waals surface area contributed by atoms with Gasteiger partial charge in [0.1, 0.15) is 11.8 Å². The van der Waals surface area contributed by atoms with Crippen LogP contribution in [0.5, 0.6) is 5.75 Å². The molecule has 0 aromatic heterocycles. The average molecular weight is 309 g/mol. The first-order chi connectivity index (χ1) is 10.1. The fourth-order valence-corrected chi connectivity index (χ4v) is 2.07. The molecule has 1 unspecified atom stereocenters. The van der Waals surface area contributed by atoms with E-state index < -0.39 is 17.9 Å². The zero-order valence-electron chi connectivity index (χ0n) is 12.0. The van der Waals surface area contributed by atoms with E-state index in [-0.39, 0.29) is 0 Å². The highest BCUT2D eigenvalue weighted by molar-refractivity contribution is 7.98. The Morgan fingerprint density at radius 2 is 2.05 bits per heavy atom. The molecule has 1 atom stereocenters. The highest BCUT2D eigenvalue weighted by atomic mass is 32.2. The van der Waals surface area contributed by atoms with Crippen molar-refractivity contribution in [3.05, 3.63) is 35.9 Å². The molecule has 1 amide bonds. The average Bonchev–Trinajstić information content (AvgIpc) is 2.49. The van der Waals surface area contributed by atoms with Crippen LogP contribution >= 0.6 is 11.8 Å². The molecule has 6 heteroatoms. The summed E-state index contributed by atoms with van der Waals surface area (Å²) in [7, 11) is 1.58. The van der Waals surface area contributed by atoms with Crippen molar-refractivity contribution in [1.82, 2.24) is 5.32 Å². The minimum absolute atomic E-state index is 0.401. The maximum Gasteiger partial charge on any atom is 0.326 e. The predicted molar refractivity (Wildman–Crippen MR) is 84.6 cm³/mol. The van der Waals surface area contributed by atoms with Crippen molar-refractivity contribution in [3.8, 4) is 5.75 Å². The van der Waals surface area contributed by atoms with Gasteiger partial charge in [0.15, 0.2) is 0 Å². The molecular formula is C15H19NO4S. The number of ether oxygens (including phenoxy) is 1. The molecule has 0 saturated heterocycles. The molecule has 114 valence electrons. The fourth-order valence-electron chi connectivity index (χ4n) is 1.60. The van der Waals surface area contributed by atoms with Gasteiger partial charge in [-0.05, 0) is 42.2 Å². The molecule has 0 radical (unpaired) electrons. The summed E-state index contributed by atoms with van der Waals surface area (Å²) >= 11 is 1.54. The molecule has 5 nitrogen and oxygen atoms in total. The van der Waals surface area contributed by atoms with Gasteiger partial charge in [-0.15, -0.1) is 0 Å². The number of carboxylic acid groups (broad SMARTS) is 1. The number of hydrogen-bond acceptors (Lipinski definition) is 4. The summed E-state index contributed by atoms with van der Waals surface area (Å²) in [6.45, 7) is 0. The van der Waals surface area contributed by atoms with Crippen LogP contribution in [-0.4, -0.2) is 42.1 Å². The second kappa shape index (κ2) is 9.07. The van der Waals surface area contributed by atoms with Crippen LogP contribution in [0.4, 0.5) is 0 Å². The van der Waals surface area contributed by atoms with Crippen LogP contribution in [0, 0.1) is 0 Å². The molecular weight excluding hydrogens is 290 g/mol. The van der Waals surface area contributed by atoms with Gasteiger partial charge in [0, 0.05) is 6.08 Å². The SMILES string of the molecule is COc1ccc(/C=C/C(=O)NC(CCSC)C(=O)O)cc1. The molecule has 0 aliphatic carbocycles. The van der Waals surface area contributed by atoms with E-state index in [0.717, 1.165) is 11.3 Å². The highest BCUT2D eigenvalue weighted by Crippen LogP contribution is 2.12. The summed E-state index contributed by atoms with van der Waals surface area (Å²) < 4.78 is 5.04. The molecule has 1 rings (SSSR count). The number of carbonyl (C=O) groups is 2. The lowest BCUT2D eigenvalue weighted by molar-refractivity contribution is -0.141. The number of methoxy groups -OCH3 is 1. The van der Waals surface area contributed by atoms with Crippen molar-refractivity contribution in [2.75, 3.05) is 19.1 Å². The van der Waals surface area contributed by atoms with Crippen LogP contribution in [-0.2, 0) is 9.59 Å². The Kier molecular flexibility index (Phi) is 7.39. The van der Waals surface area contributed by atoms with Gasteiger partial charge in [-0.2, -0.15) is 11.8 Å². The summed E-state index contributed by atoms with van der Waals surface area (Å²) in [6, 6.07) is 6.34. The number of amides is 1. The van der Waals surface area contributed by atoms with Gasteiger partial charge in [-0.3, -0.25) is 4.79 Å². The molecule has 1 aromatic rings. The number of rotatable bonds is 8. The van der Waals surface area contributed by atoms with E-state index in [0.29, 0.717) is 12.2 Å². The quantitative estimate of drug-likeness (QED) is 0.719. The summed E-state index contributed by atoms with van der Waals surface area (Å²) in [5.41, 5.74) is 0.835. The van der Waals surface area contributed by atoms with Crippen molar-refractivity contribution in [3.63, 3.8) is 0 Å². The highest BCUT2D eigenvalue weighted by Gasteiger charge is 2.17. The Morgan fingerprint density at radius 3 is 2.57 bits per heavy atom. The van der Waals surface area contributed by atoms with Crippen LogP contribution < -0.4 is 10.1 Å². The number of carbonyl (C=O) groups excluding carboxylic acids is 1. The normalized spacial score (nSPS) is 12.1. The number of aliphatic carboxylic acids is 1. The van der Waals surface area contributed by atoms with Gasteiger partial charge in [0.05, 0.1) is 7.11 Å². The van der Waals surface area contributed by atoms with Crippen molar-refractivity contribution < 1.29 is 19.4 Å². The maximum atomic E-state index is 11.7. The molecule has 0 spiro atoms. The number of carboxylic acids is 1. The summed E-state index contributed by atoms with van der Waals surface area (Å²) in [5.74, 6) is -0.0198. The van der Waals surface area contributed by atoms with Gasteiger partial charge in [-0.25, -0.2) is 4.79 Å². The van der Waals surface area contributed by atoms with Gasteiger partial charge in [0.2, 0.25) is 5.91 Å². The first-order valence-electron chi connectivity index (χ1n) is 6.41. The molecule has 0 saturated carbocycles. The molecule has 2 N–H and O–H groups in total. The third-order valence-electron chi connectivity index (χ3n) is 2.77. The Labute approximate surface area is 128 Å². The van der Waals surface area contributed by atoms with Crippen LogP contribution in [0.3, 0.4) is 0 Å². The Balaban J connectivity index is 2.57. The molecule has 1 aromatic carbocycles. The van der Waals surface area contributed by atoms with Crippen molar-refractivity contribution >= 4 is 29.7 Å². The maximum absolute atomic E-state index is 11.7. The summed E-state index contributed by atoms with van der Waals surface area (Å²) in [4.78, 5) is 22.7. The van der Waals surface area contributed by atoms with Crippen molar-refractivity contribution in [2.24, 2.45) is 0 Å². The number of benzene rings is 1. The van der Waals surface area contributed by atoms with Gasteiger partial charge in [0.25, 0.3) is 0 Å². The summed E-state index contributed by atoms with van der Waals surface area (Å²) in [6.07, 6.45) is 5.25. The molecule has 0 bridgehead atoms. The smallest absolute Gasteiger partial charge is 0.326 e. The Morgan fingerprint density at radius 1 is 1.38 bits per heavy atom. The number of nitrogens with one attached hydrogen (secondary N) is 1. The Hall–Kier alpha value is -1.95. The minimum atomic E-state index is -1.02. The topological polar surface area (TPSA) is 75.6 Å². The second-order valence-corrected chi connectivity index (χ2v) is 5.27. The summed E-state index contributed by atoms with van der Waals surface area (Å²) in [5, 5.41) is 11.5. The lowest BCUT2D eigenvalue weighted by atomic mass is 10.2. The molecule has 0 heterocycles. The largest absolute Gasteiger partial charge is 0.497 e. The van der Waals surface area contributed by atoms with E-state index in [9.17, 15) is 9.59 Å². The lowest BCUT2D eigenvalue weighted by Gasteiger charge is -2.12. The first kappa shape index (κ1) is 17.1. The van der Waals surface area contributed by atoms with Gasteiger partial charge in [-0.1, -0.05) is 12.1 Å². The van der Waals surface area contributed by atoms with E-state index >= 15 is 0 Å². The monoisotopic (exact) mass is 309 g/mol. The van der Waals surface area contributed by atoms with E-state index in [1.165, 1.54) is 6.08 Å². The predicted octanol–water partition coefficient (Wildman–Crippen LogP) is 2.03. The van der Waals surface area contributed by atoms with E-state index in [1.54, 1.807) is 37.1 Å². The first-order valence-corrected chi connectivity index (χ1v) is 7.80. The lowest BCUT2D eigenvalue weighted by Crippen LogP contribution is -2.40. The molecule has 0 aliphatic heterocycles. The Bertz CT molecular complexity index is 499. The number of hydrogen-bond donors (Lipinski definition) is 2. The van der Waals surface area contributed by atoms with Crippen LogP contribution in [0.15, 0.2) is 30.3 Å². The van der Waals surface area contributed by atoms with Crippen LogP contribution in [0.2, 0.25) is 0 Å². The van der Waals surface area contributed by atoms with E-state index in [1.807, 2.05) is 18.4 Å². The molecule has 21 heavy (non-hydrogen) atoms. The van der Waals surface area contributed by atoms with Crippen LogP contribution in [0.25, 0.3) is 6.08 Å². The fraction of sp³-hybridized carbons (Fsp3) is 0.333. The zero-order valence-corrected chi connectivity index (χ0v) is 12.9. The van der Waals surface area contributed by atoms with Crippen molar-refractivity contribution in [1.29, 1.82) is 0 Å². The standard InChI is InChI=1S/C15H19NO4S/c1-20-12-6-3-11(4-7-12)5-8-14(17)16-13(15(18)19)9-10-21-2/h3-8,13H,9-10H2,1-2H3,(H,16,17)(H,18,19)/b8-5+. The zero-order chi connectivity index (χ0) is 15.7. The van der Waals surface area contributed by atoms with E-state index in [4.69, 9.17) is 9.84 Å². The minimum Gasteiger partial charge on any atom is -0.497 e. The van der Waals surface area contributed by atoms with E-state index in [2.05, 4.69) is 5.32 Å². The molecule has 0 fully saturated rings. The number of thioether (sulfide) groups is 1. The van der Waals surface area contributed by atoms with Gasteiger partial charge < -0.3 is 15.2 Å². The van der Waals surface area contributed by atoms with Crippen molar-refractivity contribution in [2.45, 2.75) is 12.5 Å². The third-order valence-corrected chi connectivity index (χ3v) is 3.41. The van der Waals surface area contributed by atoms with Gasteiger partial charge >= 0.3 is 5.97 Å². The third kappa shape index (κ3) is 6.35. The van der Waals surface area contributed by atoms with Crippen LogP contribution in [0.1, 0.15) is 12.0 Å². The second-order valence-electron chi connectivity index (χ2n) is 4.29.